The van der Waals surface area contributed by atoms with Gasteiger partial charge in [-0.1, -0.05) is 25.1 Å². The molecule has 3 rings (SSSR count). The Bertz CT molecular complexity index is 815. The molecule has 0 N–H and O–H groups in total. The van der Waals surface area contributed by atoms with Gasteiger partial charge in [0.15, 0.2) is 11.6 Å². The van der Waals surface area contributed by atoms with E-state index in [0.717, 1.165) is 29.1 Å². The average Bonchev–Trinajstić information content (AvgIpc) is 2.80. The van der Waals surface area contributed by atoms with Crippen LogP contribution in [-0.2, 0) is 11.3 Å². The topological polar surface area (TPSA) is 32.8 Å². The molecule has 27 heavy (non-hydrogen) atoms. The van der Waals surface area contributed by atoms with Crippen LogP contribution in [0.2, 0.25) is 0 Å². The molecule has 1 atom stereocenters. The summed E-state index contributed by atoms with van der Waals surface area (Å²) < 4.78 is 18.8. The molecule has 0 fully saturated rings. The third kappa shape index (κ3) is 4.82. The van der Waals surface area contributed by atoms with Crippen molar-refractivity contribution in [2.75, 3.05) is 32.1 Å². The molecular formula is C21H25FN2O2S. The maximum absolute atomic E-state index is 13.9. The Morgan fingerprint density at radius 3 is 2.85 bits per heavy atom. The zero-order valence-corrected chi connectivity index (χ0v) is 16.8. The van der Waals surface area contributed by atoms with Crippen LogP contribution in [0.25, 0.3) is 0 Å². The molecule has 1 aliphatic rings. The summed E-state index contributed by atoms with van der Waals surface area (Å²) in [5.74, 6) is -0.0962. The molecule has 144 valence electrons. The first-order valence-electron chi connectivity index (χ1n) is 9.05. The van der Waals surface area contributed by atoms with Crippen LogP contribution in [0.4, 0.5) is 10.1 Å². The predicted molar refractivity (Wildman–Crippen MR) is 108 cm³/mol. The van der Waals surface area contributed by atoms with Crippen LogP contribution < -0.4 is 9.64 Å². The van der Waals surface area contributed by atoms with E-state index in [1.165, 1.54) is 13.2 Å². The minimum absolute atomic E-state index is 0.0635. The second-order valence-corrected chi connectivity index (χ2v) is 8.35. The lowest BCUT2D eigenvalue weighted by Gasteiger charge is -2.25. The van der Waals surface area contributed by atoms with Gasteiger partial charge in [-0.15, -0.1) is 11.8 Å². The molecule has 0 aliphatic carbocycles. The molecule has 0 unspecified atom stereocenters. The molecule has 1 amide bonds. The number of carbonyl (C=O) groups is 1. The number of carbonyl (C=O) groups excluding carboxylic acids is 1. The fourth-order valence-electron chi connectivity index (χ4n) is 3.24. The second-order valence-electron chi connectivity index (χ2n) is 6.87. The fraction of sp³-hybridized carbons (Fsp3) is 0.381. The molecule has 0 saturated heterocycles. The largest absolute Gasteiger partial charge is 0.494 e. The van der Waals surface area contributed by atoms with Crippen LogP contribution in [-0.4, -0.2) is 43.3 Å². The van der Waals surface area contributed by atoms with Gasteiger partial charge in [-0.25, -0.2) is 4.39 Å². The Labute approximate surface area is 164 Å². The van der Waals surface area contributed by atoms with E-state index in [1.807, 2.05) is 52.9 Å². The van der Waals surface area contributed by atoms with Gasteiger partial charge < -0.3 is 9.64 Å². The third-order valence-electron chi connectivity index (χ3n) is 4.62. The van der Waals surface area contributed by atoms with Crippen molar-refractivity contribution in [3.05, 3.63) is 53.8 Å². The van der Waals surface area contributed by atoms with Gasteiger partial charge in [0.05, 0.1) is 19.3 Å². The van der Waals surface area contributed by atoms with Crippen LogP contribution in [0.15, 0.2) is 47.4 Å². The second kappa shape index (κ2) is 8.76. The highest BCUT2D eigenvalue weighted by atomic mass is 32.2. The van der Waals surface area contributed by atoms with Gasteiger partial charge in [-0.3, -0.25) is 9.69 Å². The molecule has 0 saturated carbocycles. The summed E-state index contributed by atoms with van der Waals surface area (Å²) in [5.41, 5.74) is 1.80. The van der Waals surface area contributed by atoms with E-state index < -0.39 is 0 Å². The zero-order valence-electron chi connectivity index (χ0n) is 15.9. The fourth-order valence-corrected chi connectivity index (χ4v) is 4.35. The number of ether oxygens (including phenoxy) is 1. The molecule has 2 aromatic rings. The van der Waals surface area contributed by atoms with Gasteiger partial charge in [0, 0.05) is 23.2 Å². The number of nitrogens with zero attached hydrogens (tertiary/aromatic N) is 2. The molecular weight excluding hydrogens is 363 g/mol. The number of likely N-dealkylation sites (N-methyl/N-ethyl adjacent to an activating group) is 1. The van der Waals surface area contributed by atoms with Crippen LogP contribution >= 0.6 is 11.8 Å². The van der Waals surface area contributed by atoms with Crippen LogP contribution in [0.1, 0.15) is 18.9 Å². The highest BCUT2D eigenvalue weighted by Gasteiger charge is 2.24. The molecule has 4 nitrogen and oxygen atoms in total. The quantitative estimate of drug-likeness (QED) is 0.769. The monoisotopic (exact) mass is 388 g/mol. The smallest absolute Gasteiger partial charge is 0.241 e. The SMILES string of the molecule is COc1ccc(CN(C)CC(=O)N2CC[C@H](C)Sc3ccccc32)cc1F. The Kier molecular flexibility index (Phi) is 6.39. The number of halogens is 1. The molecule has 0 radical (unpaired) electrons. The van der Waals surface area contributed by atoms with E-state index in [4.69, 9.17) is 4.74 Å². The number of thioether (sulfide) groups is 1. The van der Waals surface area contributed by atoms with E-state index in [9.17, 15) is 9.18 Å². The summed E-state index contributed by atoms with van der Waals surface area (Å²) in [4.78, 5) is 17.9. The van der Waals surface area contributed by atoms with Crippen molar-refractivity contribution in [2.24, 2.45) is 0 Å². The first-order valence-corrected chi connectivity index (χ1v) is 9.93. The van der Waals surface area contributed by atoms with Gasteiger partial charge in [-0.2, -0.15) is 0 Å². The number of para-hydroxylation sites is 1. The van der Waals surface area contributed by atoms with Gasteiger partial charge in [0.25, 0.3) is 0 Å². The van der Waals surface area contributed by atoms with Crippen molar-refractivity contribution in [2.45, 2.75) is 30.0 Å². The molecule has 0 spiro atoms. The van der Waals surface area contributed by atoms with E-state index in [-0.39, 0.29) is 24.0 Å². The Balaban J connectivity index is 1.68. The molecule has 1 heterocycles. The number of anilines is 1. The van der Waals surface area contributed by atoms with Crippen molar-refractivity contribution in [3.63, 3.8) is 0 Å². The lowest BCUT2D eigenvalue weighted by atomic mass is 10.2. The Morgan fingerprint density at radius 2 is 2.11 bits per heavy atom. The van der Waals surface area contributed by atoms with Crippen LogP contribution in [0.3, 0.4) is 0 Å². The number of amides is 1. The molecule has 0 aromatic heterocycles. The number of fused-ring (bicyclic) bond motifs is 1. The number of hydrogen-bond donors (Lipinski definition) is 0. The van der Waals surface area contributed by atoms with E-state index in [2.05, 4.69) is 13.0 Å². The van der Waals surface area contributed by atoms with Gasteiger partial charge in [-0.05, 0) is 43.3 Å². The molecule has 0 bridgehead atoms. The number of rotatable bonds is 5. The van der Waals surface area contributed by atoms with Crippen LogP contribution in [0.5, 0.6) is 5.75 Å². The minimum atomic E-state index is -0.387. The van der Waals surface area contributed by atoms with Crippen molar-refractivity contribution < 1.29 is 13.9 Å². The Hall–Kier alpha value is -2.05. The Morgan fingerprint density at radius 1 is 1.33 bits per heavy atom. The summed E-state index contributed by atoms with van der Waals surface area (Å²) in [6, 6.07) is 13.0. The standard InChI is InChI=1S/C21H25FN2O2S/c1-15-10-11-24(18-6-4-5-7-20(18)27-15)21(25)14-23(2)13-16-8-9-19(26-3)17(22)12-16/h4-9,12,15H,10-11,13-14H2,1-3H3/t15-/m0/s1. The summed E-state index contributed by atoms with van der Waals surface area (Å²) in [7, 11) is 3.32. The first-order chi connectivity index (χ1) is 13.0. The van der Waals surface area contributed by atoms with Gasteiger partial charge in [0.2, 0.25) is 5.91 Å². The molecule has 6 heteroatoms. The summed E-state index contributed by atoms with van der Waals surface area (Å²) >= 11 is 1.82. The van der Waals surface area contributed by atoms with Gasteiger partial charge >= 0.3 is 0 Å². The third-order valence-corrected chi connectivity index (χ3v) is 5.86. The van der Waals surface area contributed by atoms with Crippen molar-refractivity contribution in [3.8, 4) is 5.75 Å². The zero-order chi connectivity index (χ0) is 19.4. The number of hydrogen-bond acceptors (Lipinski definition) is 4. The van der Waals surface area contributed by atoms with Crippen molar-refractivity contribution >= 4 is 23.4 Å². The highest BCUT2D eigenvalue weighted by Crippen LogP contribution is 2.37. The normalized spacial score (nSPS) is 16.8. The molecule has 2 aromatic carbocycles. The first kappa shape index (κ1) is 19.7. The predicted octanol–water partition coefficient (Wildman–Crippen LogP) is 4.18. The highest BCUT2D eigenvalue weighted by molar-refractivity contribution is 8.00. The van der Waals surface area contributed by atoms with E-state index in [0.29, 0.717) is 11.8 Å². The molecule has 1 aliphatic heterocycles. The van der Waals surface area contributed by atoms with Crippen LogP contribution in [0, 0.1) is 5.82 Å². The summed E-state index contributed by atoms with van der Waals surface area (Å²) in [6.07, 6.45) is 0.957. The van der Waals surface area contributed by atoms with Gasteiger partial charge in [0.1, 0.15) is 0 Å². The average molecular weight is 389 g/mol. The minimum Gasteiger partial charge on any atom is -0.494 e. The summed E-state index contributed by atoms with van der Waals surface area (Å²) in [6.45, 7) is 3.68. The van der Waals surface area contributed by atoms with Crippen molar-refractivity contribution in [1.82, 2.24) is 4.90 Å². The lowest BCUT2D eigenvalue weighted by Crippen LogP contribution is -2.39. The lowest BCUT2D eigenvalue weighted by molar-refractivity contribution is -0.119. The van der Waals surface area contributed by atoms with E-state index >= 15 is 0 Å². The number of benzene rings is 2. The summed E-state index contributed by atoms with van der Waals surface area (Å²) in [5, 5.41) is 0.476. The maximum Gasteiger partial charge on any atom is 0.241 e. The maximum atomic E-state index is 13.9. The number of methoxy groups -OCH3 is 1. The van der Waals surface area contributed by atoms with Crippen molar-refractivity contribution in [1.29, 1.82) is 0 Å². The van der Waals surface area contributed by atoms with E-state index in [1.54, 1.807) is 6.07 Å².